The van der Waals surface area contributed by atoms with E-state index in [1.807, 2.05) is 0 Å². The summed E-state index contributed by atoms with van der Waals surface area (Å²) in [4.78, 5) is 24.3. The maximum absolute atomic E-state index is 12.6. The van der Waals surface area contributed by atoms with Crippen LogP contribution in [0.2, 0.25) is 0 Å². The fourth-order valence-electron chi connectivity index (χ4n) is 2.51. The van der Waals surface area contributed by atoms with E-state index in [2.05, 4.69) is 0 Å². The molecule has 2 aromatic carbocycles. The lowest BCUT2D eigenvalue weighted by molar-refractivity contribution is -0.183. The number of carbonyl (C=O) groups is 2. The van der Waals surface area contributed by atoms with Gasteiger partial charge in [0, 0.05) is 11.1 Å². The van der Waals surface area contributed by atoms with E-state index in [0.29, 0.717) is 5.56 Å². The van der Waals surface area contributed by atoms with Gasteiger partial charge in [-0.15, -0.1) is 0 Å². The third kappa shape index (κ3) is 1.98. The molecule has 0 fully saturated rings. The van der Waals surface area contributed by atoms with Crippen LogP contribution in [0.15, 0.2) is 54.6 Å². The Labute approximate surface area is 121 Å². The Bertz CT molecular complexity index is 713. The Kier molecular flexibility index (Phi) is 2.99. The molecule has 0 saturated heterocycles. The molecule has 1 aliphatic heterocycles. The summed E-state index contributed by atoms with van der Waals surface area (Å²) in [5.41, 5.74) is 5.98. The molecule has 1 amide bonds. The van der Waals surface area contributed by atoms with E-state index >= 15 is 0 Å². The van der Waals surface area contributed by atoms with Crippen molar-refractivity contribution in [3.8, 4) is 5.75 Å². The van der Waals surface area contributed by atoms with Crippen molar-refractivity contribution in [2.75, 3.05) is 0 Å². The lowest BCUT2D eigenvalue weighted by Crippen LogP contribution is -2.50. The first-order valence-corrected chi connectivity index (χ1v) is 6.43. The third-order valence-corrected chi connectivity index (χ3v) is 3.53. The highest BCUT2D eigenvalue weighted by molar-refractivity contribution is 6.10. The number of primary amides is 1. The van der Waals surface area contributed by atoms with Crippen molar-refractivity contribution >= 4 is 11.7 Å². The Morgan fingerprint density at radius 2 is 1.71 bits per heavy atom. The van der Waals surface area contributed by atoms with Crippen LogP contribution in [0, 0.1) is 0 Å². The SMILES string of the molecule is NC(=O)C1C(=O)C(O)(c2ccccc2)Oc2ccccc21. The fraction of sp³-hybridized carbons (Fsp3) is 0.125. The fourth-order valence-corrected chi connectivity index (χ4v) is 2.51. The van der Waals surface area contributed by atoms with E-state index < -0.39 is 23.4 Å². The van der Waals surface area contributed by atoms with E-state index in [4.69, 9.17) is 10.5 Å². The second kappa shape index (κ2) is 4.71. The van der Waals surface area contributed by atoms with Crippen molar-refractivity contribution in [2.24, 2.45) is 5.73 Å². The molecule has 5 heteroatoms. The predicted molar refractivity (Wildman–Crippen MR) is 74.4 cm³/mol. The van der Waals surface area contributed by atoms with Gasteiger partial charge in [-0.05, 0) is 6.07 Å². The number of para-hydroxylation sites is 1. The van der Waals surface area contributed by atoms with Crippen LogP contribution in [0.5, 0.6) is 5.75 Å². The molecule has 0 spiro atoms. The van der Waals surface area contributed by atoms with E-state index in [1.54, 1.807) is 54.6 Å². The highest BCUT2D eigenvalue weighted by Crippen LogP contribution is 2.41. The first-order chi connectivity index (χ1) is 10.0. The number of nitrogens with two attached hydrogens (primary N) is 1. The maximum atomic E-state index is 12.6. The van der Waals surface area contributed by atoms with Gasteiger partial charge in [-0.2, -0.15) is 0 Å². The van der Waals surface area contributed by atoms with Gasteiger partial charge in [-0.25, -0.2) is 0 Å². The molecule has 21 heavy (non-hydrogen) atoms. The minimum absolute atomic E-state index is 0.260. The van der Waals surface area contributed by atoms with Crippen molar-refractivity contribution in [1.82, 2.24) is 0 Å². The van der Waals surface area contributed by atoms with E-state index in [1.165, 1.54) is 0 Å². The molecule has 5 nitrogen and oxygen atoms in total. The van der Waals surface area contributed by atoms with Gasteiger partial charge in [-0.3, -0.25) is 9.59 Å². The second-order valence-electron chi connectivity index (χ2n) is 4.85. The summed E-state index contributed by atoms with van der Waals surface area (Å²) in [5.74, 6) is -4.77. The molecule has 1 heterocycles. The summed E-state index contributed by atoms with van der Waals surface area (Å²) in [5, 5.41) is 10.7. The Morgan fingerprint density at radius 1 is 1.10 bits per heavy atom. The van der Waals surface area contributed by atoms with Gasteiger partial charge >= 0.3 is 0 Å². The zero-order valence-corrected chi connectivity index (χ0v) is 11.0. The predicted octanol–water partition coefficient (Wildman–Crippen LogP) is 1.06. The molecular formula is C16H13NO4. The number of hydrogen-bond acceptors (Lipinski definition) is 4. The van der Waals surface area contributed by atoms with E-state index in [9.17, 15) is 14.7 Å². The summed E-state index contributed by atoms with van der Waals surface area (Å²) in [6.07, 6.45) is 0. The third-order valence-electron chi connectivity index (χ3n) is 3.53. The first-order valence-electron chi connectivity index (χ1n) is 6.43. The van der Waals surface area contributed by atoms with Crippen LogP contribution in [-0.4, -0.2) is 16.8 Å². The quantitative estimate of drug-likeness (QED) is 0.806. The lowest BCUT2D eigenvalue weighted by Gasteiger charge is -2.35. The van der Waals surface area contributed by atoms with Gasteiger partial charge in [0.1, 0.15) is 11.7 Å². The monoisotopic (exact) mass is 283 g/mol. The molecule has 3 N–H and O–H groups in total. The van der Waals surface area contributed by atoms with E-state index in [-0.39, 0.29) is 11.3 Å². The largest absolute Gasteiger partial charge is 0.451 e. The van der Waals surface area contributed by atoms with Crippen molar-refractivity contribution < 1.29 is 19.4 Å². The van der Waals surface area contributed by atoms with Crippen LogP contribution < -0.4 is 10.5 Å². The first kappa shape index (κ1) is 13.3. The second-order valence-corrected chi connectivity index (χ2v) is 4.85. The smallest absolute Gasteiger partial charge is 0.296 e. The molecule has 0 radical (unpaired) electrons. The minimum Gasteiger partial charge on any atom is -0.451 e. The molecule has 0 aromatic heterocycles. The molecule has 106 valence electrons. The zero-order chi connectivity index (χ0) is 15.0. The number of hydrogen-bond donors (Lipinski definition) is 2. The van der Waals surface area contributed by atoms with E-state index in [0.717, 1.165) is 0 Å². The van der Waals surface area contributed by atoms with Gasteiger partial charge in [0.05, 0.1) is 0 Å². The highest BCUT2D eigenvalue weighted by Gasteiger charge is 2.51. The van der Waals surface area contributed by atoms with Crippen LogP contribution in [0.25, 0.3) is 0 Å². The minimum atomic E-state index is -2.21. The molecule has 1 aliphatic rings. The normalized spacial score (nSPS) is 24.0. The number of aliphatic hydroxyl groups is 1. The average Bonchev–Trinajstić information content (AvgIpc) is 2.49. The standard InChI is InChI=1S/C16H13NO4/c17-15(19)13-11-8-4-5-9-12(11)21-16(20,14(13)18)10-6-2-1-3-7-10/h1-9,13,20H,(H2,17,19). The molecule has 2 aromatic rings. The van der Waals surface area contributed by atoms with Crippen LogP contribution in [0.1, 0.15) is 17.0 Å². The topological polar surface area (TPSA) is 89.6 Å². The Hall–Kier alpha value is -2.66. The van der Waals surface area contributed by atoms with Crippen molar-refractivity contribution in [1.29, 1.82) is 0 Å². The molecule has 3 rings (SSSR count). The van der Waals surface area contributed by atoms with Crippen molar-refractivity contribution in [3.05, 3.63) is 65.7 Å². The number of amides is 1. The number of rotatable bonds is 2. The van der Waals surface area contributed by atoms with Crippen LogP contribution in [-0.2, 0) is 15.4 Å². The Morgan fingerprint density at radius 3 is 2.38 bits per heavy atom. The molecule has 0 saturated carbocycles. The molecular weight excluding hydrogens is 270 g/mol. The lowest BCUT2D eigenvalue weighted by atomic mass is 9.83. The number of benzene rings is 2. The molecule has 2 atom stereocenters. The van der Waals surface area contributed by atoms with Crippen LogP contribution >= 0.6 is 0 Å². The van der Waals surface area contributed by atoms with Crippen LogP contribution in [0.4, 0.5) is 0 Å². The zero-order valence-electron chi connectivity index (χ0n) is 11.0. The maximum Gasteiger partial charge on any atom is 0.296 e. The molecule has 0 bridgehead atoms. The summed E-state index contributed by atoms with van der Waals surface area (Å²) >= 11 is 0. The van der Waals surface area contributed by atoms with Crippen molar-refractivity contribution in [3.63, 3.8) is 0 Å². The van der Waals surface area contributed by atoms with Crippen LogP contribution in [0.3, 0.4) is 0 Å². The number of carbonyl (C=O) groups excluding carboxylic acids is 2. The summed E-state index contributed by atoms with van der Waals surface area (Å²) in [7, 11) is 0. The molecule has 0 aliphatic carbocycles. The highest BCUT2D eigenvalue weighted by atomic mass is 16.6. The van der Waals surface area contributed by atoms with Gasteiger partial charge in [-0.1, -0.05) is 48.5 Å². The van der Waals surface area contributed by atoms with Gasteiger partial charge in [0.15, 0.2) is 0 Å². The summed E-state index contributed by atoms with van der Waals surface area (Å²) < 4.78 is 5.50. The average molecular weight is 283 g/mol. The Balaban J connectivity index is 2.19. The molecule has 2 unspecified atom stereocenters. The number of Topliss-reactive ketones (excluding diaryl/α,β-unsaturated/α-hetero) is 1. The number of ether oxygens (including phenoxy) is 1. The van der Waals surface area contributed by atoms with Gasteiger partial charge in [0.2, 0.25) is 11.7 Å². The van der Waals surface area contributed by atoms with Gasteiger partial charge in [0.25, 0.3) is 5.79 Å². The van der Waals surface area contributed by atoms with Crippen molar-refractivity contribution in [2.45, 2.75) is 11.7 Å². The number of ketones is 1. The summed E-state index contributed by atoms with van der Waals surface area (Å²) in [6.45, 7) is 0. The summed E-state index contributed by atoms with van der Waals surface area (Å²) in [6, 6.07) is 14.8. The van der Waals surface area contributed by atoms with Gasteiger partial charge < -0.3 is 15.6 Å². The number of fused-ring (bicyclic) bond motifs is 1.